The number of hydrogen-bond donors (Lipinski definition) is 2. The summed E-state index contributed by atoms with van der Waals surface area (Å²) in [5, 5.41) is 0.995. The van der Waals surface area contributed by atoms with Crippen LogP contribution in [0.1, 0.15) is 25.7 Å². The lowest BCUT2D eigenvalue weighted by atomic mass is 9.86. The first kappa shape index (κ1) is 16.2. The van der Waals surface area contributed by atoms with Gasteiger partial charge in [-0.05, 0) is 44.7 Å². The molecular formula is C15H21N5O2S. The minimum absolute atomic E-state index is 0.135. The highest BCUT2D eigenvalue weighted by molar-refractivity contribution is 7.89. The van der Waals surface area contributed by atoms with E-state index in [9.17, 15) is 8.42 Å². The van der Waals surface area contributed by atoms with Gasteiger partial charge in [0, 0.05) is 13.2 Å². The van der Waals surface area contributed by atoms with Crippen molar-refractivity contribution in [3.63, 3.8) is 0 Å². The summed E-state index contributed by atoms with van der Waals surface area (Å²) in [6.07, 6.45) is 6.76. The van der Waals surface area contributed by atoms with Gasteiger partial charge in [0.2, 0.25) is 10.0 Å². The van der Waals surface area contributed by atoms with E-state index in [0.717, 1.165) is 48.5 Å². The van der Waals surface area contributed by atoms with E-state index >= 15 is 0 Å². The molecule has 2 heterocycles. The fourth-order valence-corrected chi connectivity index (χ4v) is 3.96. The van der Waals surface area contributed by atoms with Crippen molar-refractivity contribution < 1.29 is 8.42 Å². The Morgan fingerprint density at radius 1 is 1.26 bits per heavy atom. The van der Waals surface area contributed by atoms with Crippen LogP contribution in [0.3, 0.4) is 0 Å². The molecule has 0 unspecified atom stereocenters. The number of anilines is 1. The van der Waals surface area contributed by atoms with Crippen molar-refractivity contribution in [3.8, 4) is 0 Å². The summed E-state index contributed by atoms with van der Waals surface area (Å²) in [6.45, 7) is 0. The van der Waals surface area contributed by atoms with E-state index in [1.807, 2.05) is 19.3 Å². The molecule has 0 bridgehead atoms. The zero-order chi connectivity index (χ0) is 16.4. The quantitative estimate of drug-likeness (QED) is 0.866. The largest absolute Gasteiger partial charge is 0.351 e. The number of rotatable bonds is 5. The van der Waals surface area contributed by atoms with Gasteiger partial charge in [-0.3, -0.25) is 0 Å². The number of sulfonamides is 1. The third-order valence-corrected chi connectivity index (χ3v) is 5.77. The molecule has 2 radical (unpaired) electrons. The van der Waals surface area contributed by atoms with E-state index in [1.54, 1.807) is 6.33 Å². The number of aromatic nitrogens is 3. The smallest absolute Gasteiger partial charge is 0.211 e. The second-order valence-corrected chi connectivity index (χ2v) is 7.70. The van der Waals surface area contributed by atoms with Crippen LogP contribution in [-0.4, -0.2) is 43.2 Å². The predicted octanol–water partition coefficient (Wildman–Crippen LogP) is 1.62. The molecule has 0 aromatic carbocycles. The molecule has 2 aromatic heterocycles. The molecule has 1 fully saturated rings. The van der Waals surface area contributed by atoms with Gasteiger partial charge >= 0.3 is 0 Å². The summed E-state index contributed by atoms with van der Waals surface area (Å²) in [7, 11) is 0.308. The number of aromatic amines is 1. The number of nitrogens with zero attached hydrogens (tertiary/aromatic N) is 3. The van der Waals surface area contributed by atoms with Crippen LogP contribution >= 0.6 is 0 Å². The molecule has 1 aliphatic rings. The Balaban J connectivity index is 1.67. The summed E-state index contributed by atoms with van der Waals surface area (Å²) in [5.74, 6) is 2.11. The summed E-state index contributed by atoms with van der Waals surface area (Å²) >= 11 is 0. The van der Waals surface area contributed by atoms with E-state index in [1.165, 1.54) is 13.1 Å². The van der Waals surface area contributed by atoms with Crippen LogP contribution < -0.4 is 9.62 Å². The normalized spacial score (nSPS) is 17.7. The average Bonchev–Trinajstić information content (AvgIpc) is 3.03. The van der Waals surface area contributed by atoms with Gasteiger partial charge in [-0.2, -0.15) is 0 Å². The first-order valence-corrected chi connectivity index (χ1v) is 9.26. The third-order valence-electron chi connectivity index (χ3n) is 4.36. The molecule has 1 saturated carbocycles. The van der Waals surface area contributed by atoms with Gasteiger partial charge < -0.3 is 9.88 Å². The van der Waals surface area contributed by atoms with Crippen LogP contribution in [0.4, 0.5) is 5.82 Å². The minimum Gasteiger partial charge on any atom is -0.351 e. The lowest BCUT2D eigenvalue weighted by Crippen LogP contribution is -2.32. The minimum atomic E-state index is -3.16. The Bertz CT molecular complexity index is 765. The Morgan fingerprint density at radius 2 is 2.00 bits per heavy atom. The number of H-pyrrole nitrogens is 1. The molecule has 2 N–H and O–H groups in total. The van der Waals surface area contributed by atoms with E-state index in [4.69, 9.17) is 0 Å². The van der Waals surface area contributed by atoms with Gasteiger partial charge in [-0.15, -0.1) is 0 Å². The van der Waals surface area contributed by atoms with Gasteiger partial charge in [0.1, 0.15) is 17.8 Å². The second-order valence-electron chi connectivity index (χ2n) is 5.78. The fraction of sp³-hybridized carbons (Fsp3) is 0.467. The Morgan fingerprint density at radius 3 is 2.70 bits per heavy atom. The SMILES string of the molecule is CNS(=O)(=O)C[C]1CC[C](N(C)c2ncnc3[nH]ccc23)CC1. The fourth-order valence-electron chi connectivity index (χ4n) is 2.99. The Hall–Kier alpha value is -1.67. The van der Waals surface area contributed by atoms with Gasteiger partial charge in [0.15, 0.2) is 0 Å². The molecule has 0 atom stereocenters. The standard InChI is InChI=1S/C15H21N5O2S/c1-16-23(21,22)9-11-3-5-12(6-4-11)20(2)15-13-7-8-17-14(13)18-10-19-15/h7-8,10,16H,3-6,9H2,1-2H3,(H,17,18,19). The highest BCUT2D eigenvalue weighted by Gasteiger charge is 2.29. The van der Waals surface area contributed by atoms with Crippen LogP contribution in [0.5, 0.6) is 0 Å². The van der Waals surface area contributed by atoms with Crippen molar-refractivity contribution in [2.45, 2.75) is 25.7 Å². The maximum atomic E-state index is 11.7. The van der Waals surface area contributed by atoms with E-state index in [-0.39, 0.29) is 5.75 Å². The average molecular weight is 335 g/mol. The van der Waals surface area contributed by atoms with E-state index < -0.39 is 10.0 Å². The highest BCUT2D eigenvalue weighted by Crippen LogP contribution is 2.36. The first-order chi connectivity index (χ1) is 11.0. The highest BCUT2D eigenvalue weighted by atomic mass is 32.2. The van der Waals surface area contributed by atoms with Gasteiger partial charge in [0.05, 0.1) is 17.2 Å². The molecule has 7 nitrogen and oxygen atoms in total. The van der Waals surface area contributed by atoms with Crippen LogP contribution in [0.2, 0.25) is 0 Å². The molecule has 23 heavy (non-hydrogen) atoms. The Labute approximate surface area is 136 Å². The lowest BCUT2D eigenvalue weighted by molar-refractivity contribution is 0.538. The van der Waals surface area contributed by atoms with Gasteiger partial charge in [-0.1, -0.05) is 0 Å². The molecule has 0 aliphatic heterocycles. The molecule has 3 rings (SSSR count). The molecule has 0 spiro atoms. The van der Waals surface area contributed by atoms with Gasteiger partial charge in [-0.25, -0.2) is 23.1 Å². The van der Waals surface area contributed by atoms with Crippen molar-refractivity contribution in [2.75, 3.05) is 24.7 Å². The molecule has 0 saturated heterocycles. The van der Waals surface area contributed by atoms with Crippen LogP contribution in [-0.2, 0) is 10.0 Å². The molecule has 0 amide bonds. The lowest BCUT2D eigenvalue weighted by Gasteiger charge is -2.34. The van der Waals surface area contributed by atoms with Crippen LogP contribution in [0.25, 0.3) is 11.0 Å². The first-order valence-electron chi connectivity index (χ1n) is 7.61. The maximum absolute atomic E-state index is 11.7. The summed E-state index contributed by atoms with van der Waals surface area (Å²) in [6, 6.07) is 3.25. The molecule has 124 valence electrons. The van der Waals surface area contributed by atoms with Crippen molar-refractivity contribution in [3.05, 3.63) is 30.6 Å². The zero-order valence-electron chi connectivity index (χ0n) is 13.3. The molecule has 1 aliphatic carbocycles. The van der Waals surface area contributed by atoms with Crippen molar-refractivity contribution >= 4 is 26.9 Å². The maximum Gasteiger partial charge on any atom is 0.211 e. The monoisotopic (exact) mass is 335 g/mol. The van der Waals surface area contributed by atoms with Crippen molar-refractivity contribution in [1.29, 1.82) is 0 Å². The second kappa shape index (κ2) is 6.45. The summed E-state index contributed by atoms with van der Waals surface area (Å²) < 4.78 is 25.7. The molecule has 8 heteroatoms. The molecule has 2 aromatic rings. The third kappa shape index (κ3) is 3.48. The van der Waals surface area contributed by atoms with Gasteiger partial charge in [0.25, 0.3) is 0 Å². The van der Waals surface area contributed by atoms with Crippen molar-refractivity contribution in [1.82, 2.24) is 19.7 Å². The number of fused-ring (bicyclic) bond motifs is 1. The molecular weight excluding hydrogens is 314 g/mol. The zero-order valence-corrected chi connectivity index (χ0v) is 14.2. The number of nitrogens with one attached hydrogen (secondary N) is 2. The van der Waals surface area contributed by atoms with Crippen LogP contribution in [0, 0.1) is 12.0 Å². The van der Waals surface area contributed by atoms with Crippen LogP contribution in [0.15, 0.2) is 18.6 Å². The summed E-state index contributed by atoms with van der Waals surface area (Å²) in [5.41, 5.74) is 0.825. The summed E-state index contributed by atoms with van der Waals surface area (Å²) in [4.78, 5) is 13.8. The number of hydrogen-bond acceptors (Lipinski definition) is 5. The van der Waals surface area contributed by atoms with E-state index in [2.05, 4.69) is 24.6 Å². The van der Waals surface area contributed by atoms with Crippen molar-refractivity contribution in [2.24, 2.45) is 0 Å². The predicted molar refractivity (Wildman–Crippen MR) is 90.1 cm³/mol. The Kier molecular flexibility index (Phi) is 4.54. The van der Waals surface area contributed by atoms with E-state index in [0.29, 0.717) is 0 Å². The topological polar surface area (TPSA) is 91.0 Å².